The van der Waals surface area contributed by atoms with Crippen molar-refractivity contribution >= 4 is 56.0 Å². The van der Waals surface area contributed by atoms with E-state index in [1.807, 2.05) is 49.4 Å². The maximum absolute atomic E-state index is 13.1. The molecule has 4 rings (SSSR count). The van der Waals surface area contributed by atoms with Crippen LogP contribution in [-0.4, -0.2) is 35.9 Å². The van der Waals surface area contributed by atoms with Gasteiger partial charge in [0.05, 0.1) is 28.6 Å². The number of aryl methyl sites for hydroxylation is 1. The van der Waals surface area contributed by atoms with Crippen LogP contribution in [0, 0.1) is 6.92 Å². The van der Waals surface area contributed by atoms with Crippen molar-refractivity contribution in [2.75, 3.05) is 23.8 Å². The molecule has 0 aliphatic carbocycles. The summed E-state index contributed by atoms with van der Waals surface area (Å²) in [6.07, 6.45) is 2.09. The van der Waals surface area contributed by atoms with Crippen molar-refractivity contribution in [3.63, 3.8) is 0 Å². The number of carbonyl (C=O) groups is 1. The smallest absolute Gasteiger partial charge is 0.239 e. The fourth-order valence-corrected chi connectivity index (χ4v) is 5.52. The van der Waals surface area contributed by atoms with Gasteiger partial charge in [0.1, 0.15) is 0 Å². The molecule has 1 aromatic heterocycles. The second-order valence-electron chi connectivity index (χ2n) is 6.81. The Morgan fingerprint density at radius 3 is 2.93 bits per heavy atom. The summed E-state index contributed by atoms with van der Waals surface area (Å²) in [6, 6.07) is 13.8. The minimum atomic E-state index is 0.0483. The number of fused-ring (bicyclic) bond motifs is 1. The molecule has 0 N–H and O–H groups in total. The Bertz CT molecular complexity index is 971. The van der Waals surface area contributed by atoms with Crippen molar-refractivity contribution < 1.29 is 9.53 Å². The summed E-state index contributed by atoms with van der Waals surface area (Å²) < 4.78 is 6.79. The van der Waals surface area contributed by atoms with Crippen molar-refractivity contribution in [1.29, 1.82) is 0 Å². The third kappa shape index (κ3) is 4.51. The van der Waals surface area contributed by atoms with E-state index in [0.717, 1.165) is 45.3 Å². The zero-order valence-electron chi connectivity index (χ0n) is 15.6. The largest absolute Gasteiger partial charge is 0.376 e. The Morgan fingerprint density at radius 2 is 2.18 bits per heavy atom. The summed E-state index contributed by atoms with van der Waals surface area (Å²) in [5.41, 5.74) is 1.93. The van der Waals surface area contributed by atoms with Crippen molar-refractivity contribution in [3.05, 3.63) is 53.1 Å². The van der Waals surface area contributed by atoms with Crippen LogP contribution in [0.25, 0.3) is 10.2 Å². The lowest BCUT2D eigenvalue weighted by atomic mass is 10.2. The molecule has 1 amide bonds. The number of nitrogens with zero attached hydrogens (tertiary/aromatic N) is 2. The number of anilines is 1. The van der Waals surface area contributed by atoms with E-state index in [4.69, 9.17) is 21.3 Å². The molecule has 146 valence electrons. The van der Waals surface area contributed by atoms with Crippen LogP contribution in [0.2, 0.25) is 5.02 Å². The van der Waals surface area contributed by atoms with E-state index in [1.165, 1.54) is 11.3 Å². The first-order valence-electron chi connectivity index (χ1n) is 9.26. The van der Waals surface area contributed by atoms with E-state index in [1.54, 1.807) is 16.7 Å². The van der Waals surface area contributed by atoms with E-state index in [-0.39, 0.29) is 12.0 Å². The van der Waals surface area contributed by atoms with Crippen LogP contribution < -0.4 is 4.90 Å². The van der Waals surface area contributed by atoms with Crippen molar-refractivity contribution in [3.8, 4) is 0 Å². The molecule has 1 saturated heterocycles. The predicted molar refractivity (Wildman–Crippen MR) is 118 cm³/mol. The summed E-state index contributed by atoms with van der Waals surface area (Å²) >= 11 is 9.26. The van der Waals surface area contributed by atoms with Gasteiger partial charge in [-0.25, -0.2) is 4.98 Å². The van der Waals surface area contributed by atoms with Crippen LogP contribution >= 0.6 is 34.7 Å². The van der Waals surface area contributed by atoms with Crippen molar-refractivity contribution in [2.45, 2.75) is 30.8 Å². The van der Waals surface area contributed by atoms with Gasteiger partial charge in [0.2, 0.25) is 5.91 Å². The van der Waals surface area contributed by atoms with Crippen LogP contribution in [-0.2, 0) is 9.53 Å². The van der Waals surface area contributed by atoms with Gasteiger partial charge in [-0.05, 0) is 49.6 Å². The summed E-state index contributed by atoms with van der Waals surface area (Å²) in [5, 5.41) is 1.41. The molecule has 0 bridgehead atoms. The van der Waals surface area contributed by atoms with Gasteiger partial charge in [-0.2, -0.15) is 0 Å². The van der Waals surface area contributed by atoms with E-state index in [2.05, 4.69) is 0 Å². The lowest BCUT2D eigenvalue weighted by Gasteiger charge is -2.23. The van der Waals surface area contributed by atoms with Gasteiger partial charge < -0.3 is 4.74 Å². The number of rotatable bonds is 6. The number of benzene rings is 2. The molecular weight excluding hydrogens is 412 g/mol. The van der Waals surface area contributed by atoms with Gasteiger partial charge in [-0.3, -0.25) is 9.69 Å². The fraction of sp³-hybridized carbons (Fsp3) is 0.333. The molecule has 1 aliphatic heterocycles. The van der Waals surface area contributed by atoms with E-state index >= 15 is 0 Å². The fourth-order valence-electron chi connectivity index (χ4n) is 3.28. The third-order valence-corrected chi connectivity index (χ3v) is 6.93. The molecule has 2 heterocycles. The maximum Gasteiger partial charge on any atom is 0.239 e. The minimum absolute atomic E-state index is 0.0483. The first-order chi connectivity index (χ1) is 13.6. The van der Waals surface area contributed by atoms with E-state index < -0.39 is 0 Å². The molecule has 28 heavy (non-hydrogen) atoms. The molecule has 0 saturated carbocycles. The number of aromatic nitrogens is 1. The highest BCUT2D eigenvalue weighted by Crippen LogP contribution is 2.34. The first kappa shape index (κ1) is 19.7. The summed E-state index contributed by atoms with van der Waals surface area (Å²) in [5.74, 6) is 0.416. The normalized spacial score (nSPS) is 16.6. The predicted octanol–water partition coefficient (Wildman–Crippen LogP) is 5.56. The second kappa shape index (κ2) is 8.82. The summed E-state index contributed by atoms with van der Waals surface area (Å²) in [7, 11) is 0. The lowest BCUT2D eigenvalue weighted by molar-refractivity contribution is -0.116. The van der Waals surface area contributed by atoms with Crippen molar-refractivity contribution in [2.24, 2.45) is 0 Å². The van der Waals surface area contributed by atoms with Crippen LogP contribution in [0.4, 0.5) is 5.13 Å². The number of hydrogen-bond donors (Lipinski definition) is 0. The average molecular weight is 433 g/mol. The van der Waals surface area contributed by atoms with Crippen molar-refractivity contribution in [1.82, 2.24) is 4.98 Å². The highest BCUT2D eigenvalue weighted by Gasteiger charge is 2.26. The average Bonchev–Trinajstić information content (AvgIpc) is 3.34. The standard InChI is InChI=1S/C21H21ClN2O2S2/c1-14-10-15(22)11-18-20(14)23-21(28-18)24(12-16-6-5-9-26-16)19(25)13-27-17-7-3-2-4-8-17/h2-4,7-8,10-11,16H,5-6,9,12-13H2,1H3. The highest BCUT2D eigenvalue weighted by molar-refractivity contribution is 8.00. The van der Waals surface area contributed by atoms with E-state index in [0.29, 0.717) is 17.3 Å². The molecule has 1 unspecified atom stereocenters. The van der Waals surface area contributed by atoms with Crippen LogP contribution in [0.5, 0.6) is 0 Å². The second-order valence-corrected chi connectivity index (χ2v) is 9.30. The van der Waals surface area contributed by atoms with Gasteiger partial charge in [-0.1, -0.05) is 41.1 Å². The Hall–Kier alpha value is -1.60. The van der Waals surface area contributed by atoms with E-state index in [9.17, 15) is 4.79 Å². The molecule has 3 aromatic rings. The number of ether oxygens (including phenoxy) is 1. The van der Waals surface area contributed by atoms with Gasteiger partial charge in [0, 0.05) is 16.5 Å². The monoisotopic (exact) mass is 432 g/mol. The molecule has 1 fully saturated rings. The molecule has 1 atom stereocenters. The number of halogens is 1. The van der Waals surface area contributed by atoms with Gasteiger partial charge in [0.15, 0.2) is 5.13 Å². The lowest BCUT2D eigenvalue weighted by Crippen LogP contribution is -2.38. The maximum atomic E-state index is 13.1. The number of thiazole rings is 1. The Balaban J connectivity index is 1.59. The molecule has 1 aliphatic rings. The number of carbonyl (C=O) groups excluding carboxylic acids is 1. The first-order valence-corrected chi connectivity index (χ1v) is 11.4. The molecule has 7 heteroatoms. The minimum Gasteiger partial charge on any atom is -0.376 e. The number of thioether (sulfide) groups is 1. The number of amides is 1. The highest BCUT2D eigenvalue weighted by atomic mass is 35.5. The van der Waals surface area contributed by atoms with Gasteiger partial charge in [-0.15, -0.1) is 11.8 Å². The molecule has 2 aromatic carbocycles. The molecule has 0 spiro atoms. The van der Waals surface area contributed by atoms with Gasteiger partial charge >= 0.3 is 0 Å². The SMILES string of the molecule is Cc1cc(Cl)cc2sc(N(CC3CCCO3)C(=O)CSc3ccccc3)nc12. The van der Waals surface area contributed by atoms with Crippen LogP contribution in [0.3, 0.4) is 0 Å². The molecule has 4 nitrogen and oxygen atoms in total. The van der Waals surface area contributed by atoms with Crippen LogP contribution in [0.15, 0.2) is 47.4 Å². The third-order valence-electron chi connectivity index (χ3n) is 4.69. The Kier molecular flexibility index (Phi) is 6.21. The quantitative estimate of drug-likeness (QED) is 0.478. The summed E-state index contributed by atoms with van der Waals surface area (Å²) in [4.78, 5) is 20.8. The topological polar surface area (TPSA) is 42.4 Å². The molecular formula is C21H21ClN2O2S2. The Labute approximate surface area is 177 Å². The zero-order valence-corrected chi connectivity index (χ0v) is 17.9. The molecule has 0 radical (unpaired) electrons. The zero-order chi connectivity index (χ0) is 19.5. The number of hydrogen-bond acceptors (Lipinski definition) is 5. The van der Waals surface area contributed by atoms with Gasteiger partial charge in [0.25, 0.3) is 0 Å². The summed E-state index contributed by atoms with van der Waals surface area (Å²) in [6.45, 7) is 3.30. The van der Waals surface area contributed by atoms with Crippen LogP contribution in [0.1, 0.15) is 18.4 Å². The Morgan fingerprint density at radius 1 is 1.36 bits per heavy atom.